The molecule has 2 aromatic rings. The van der Waals surface area contributed by atoms with Gasteiger partial charge in [0.25, 0.3) is 5.91 Å². The molecule has 7 nitrogen and oxygen atoms in total. The van der Waals surface area contributed by atoms with Gasteiger partial charge in [0, 0.05) is 6.54 Å². The smallest absolute Gasteiger partial charge is 0.278 e. The largest absolute Gasteiger partial charge is 0.504 e. The fraction of sp³-hybridized carbons (Fsp3) is 0.412. The van der Waals surface area contributed by atoms with Gasteiger partial charge in [-0.2, -0.15) is 5.10 Å². The molecule has 7 heteroatoms. The Morgan fingerprint density at radius 3 is 2.96 bits per heavy atom. The molecule has 0 radical (unpaired) electrons. The molecule has 0 unspecified atom stereocenters. The Hall–Kier alpha value is -2.38. The SMILES string of the molecule is CCc1ccccc1-n1cc(O)c(C(=O)N2CCOC[C@H]2CO)n1. The van der Waals surface area contributed by atoms with E-state index in [1.165, 1.54) is 15.8 Å². The third kappa shape index (κ3) is 3.00. The van der Waals surface area contributed by atoms with Crippen LogP contribution in [0, 0.1) is 0 Å². The number of aromatic hydroxyl groups is 1. The fourth-order valence-corrected chi connectivity index (χ4v) is 2.88. The molecule has 1 atom stereocenters. The Kier molecular flexibility index (Phi) is 4.82. The van der Waals surface area contributed by atoms with Crippen molar-refractivity contribution in [1.82, 2.24) is 14.7 Å². The maximum Gasteiger partial charge on any atom is 0.278 e. The zero-order valence-electron chi connectivity index (χ0n) is 13.6. The number of hydrogen-bond donors (Lipinski definition) is 2. The minimum Gasteiger partial charge on any atom is -0.504 e. The van der Waals surface area contributed by atoms with E-state index in [4.69, 9.17) is 4.74 Å². The predicted octanol–water partition coefficient (Wildman–Crippen LogP) is 0.974. The van der Waals surface area contributed by atoms with Crippen molar-refractivity contribution in [2.45, 2.75) is 19.4 Å². The Labute approximate surface area is 140 Å². The van der Waals surface area contributed by atoms with Gasteiger partial charge in [0.05, 0.1) is 37.7 Å². The summed E-state index contributed by atoms with van der Waals surface area (Å²) >= 11 is 0. The molecule has 3 rings (SSSR count). The van der Waals surface area contributed by atoms with Crippen LogP contribution in [0.25, 0.3) is 5.69 Å². The van der Waals surface area contributed by atoms with Crippen LogP contribution in [-0.2, 0) is 11.2 Å². The molecule has 1 aliphatic rings. The van der Waals surface area contributed by atoms with Gasteiger partial charge in [-0.25, -0.2) is 4.68 Å². The van der Waals surface area contributed by atoms with Gasteiger partial charge in [0.15, 0.2) is 11.4 Å². The van der Waals surface area contributed by atoms with Crippen molar-refractivity contribution in [1.29, 1.82) is 0 Å². The normalized spacial score (nSPS) is 17.9. The van der Waals surface area contributed by atoms with Crippen LogP contribution in [0.15, 0.2) is 30.5 Å². The van der Waals surface area contributed by atoms with Crippen molar-refractivity contribution in [2.24, 2.45) is 0 Å². The zero-order chi connectivity index (χ0) is 17.1. The molecule has 0 aliphatic carbocycles. The van der Waals surface area contributed by atoms with E-state index in [1.807, 2.05) is 31.2 Å². The number of para-hydroxylation sites is 1. The molecule has 1 aliphatic heterocycles. The van der Waals surface area contributed by atoms with Gasteiger partial charge in [-0.05, 0) is 18.1 Å². The summed E-state index contributed by atoms with van der Waals surface area (Å²) in [6.07, 6.45) is 2.26. The number of amides is 1. The van der Waals surface area contributed by atoms with Crippen molar-refractivity contribution in [2.75, 3.05) is 26.4 Å². The van der Waals surface area contributed by atoms with E-state index in [0.29, 0.717) is 13.2 Å². The van der Waals surface area contributed by atoms with Gasteiger partial charge in [-0.1, -0.05) is 25.1 Å². The van der Waals surface area contributed by atoms with E-state index in [0.717, 1.165) is 17.7 Å². The second kappa shape index (κ2) is 7.02. The van der Waals surface area contributed by atoms with Crippen molar-refractivity contribution < 1.29 is 19.7 Å². The summed E-state index contributed by atoms with van der Waals surface area (Å²) in [5, 5.41) is 23.9. The number of ether oxygens (including phenoxy) is 1. The first kappa shape index (κ1) is 16.5. The summed E-state index contributed by atoms with van der Waals surface area (Å²) in [5.74, 6) is -0.573. The monoisotopic (exact) mass is 331 g/mol. The average molecular weight is 331 g/mol. The molecular formula is C17H21N3O4. The summed E-state index contributed by atoms with van der Waals surface area (Å²) < 4.78 is 6.81. The third-order valence-electron chi connectivity index (χ3n) is 4.22. The minimum atomic E-state index is -0.418. The number of carbonyl (C=O) groups is 1. The maximum atomic E-state index is 12.7. The molecule has 0 saturated carbocycles. The van der Waals surface area contributed by atoms with Crippen molar-refractivity contribution in [3.63, 3.8) is 0 Å². The topological polar surface area (TPSA) is 87.8 Å². The number of aromatic nitrogens is 2. The lowest BCUT2D eigenvalue weighted by molar-refractivity contribution is -0.0187. The second-order valence-electron chi connectivity index (χ2n) is 5.70. The molecule has 128 valence electrons. The molecule has 0 bridgehead atoms. The molecule has 1 amide bonds. The Morgan fingerprint density at radius 1 is 1.42 bits per heavy atom. The summed E-state index contributed by atoms with van der Waals surface area (Å²) in [6, 6.07) is 7.29. The molecule has 1 aromatic heterocycles. The molecule has 1 aromatic carbocycles. The lowest BCUT2D eigenvalue weighted by Gasteiger charge is -2.33. The number of aliphatic hydroxyl groups excluding tert-OH is 1. The number of nitrogens with zero attached hydrogens (tertiary/aromatic N) is 3. The number of aryl methyl sites for hydroxylation is 1. The molecule has 24 heavy (non-hydrogen) atoms. The van der Waals surface area contributed by atoms with E-state index in [1.54, 1.807) is 0 Å². The number of rotatable bonds is 4. The van der Waals surface area contributed by atoms with E-state index in [-0.39, 0.29) is 24.7 Å². The lowest BCUT2D eigenvalue weighted by atomic mass is 10.1. The van der Waals surface area contributed by atoms with Crippen molar-refractivity contribution in [3.8, 4) is 11.4 Å². The molecular weight excluding hydrogens is 310 g/mol. The zero-order valence-corrected chi connectivity index (χ0v) is 13.6. The van der Waals surface area contributed by atoms with Crippen LogP contribution in [0.1, 0.15) is 23.0 Å². The van der Waals surface area contributed by atoms with Crippen LogP contribution in [-0.4, -0.2) is 63.2 Å². The molecule has 2 N–H and O–H groups in total. The number of benzene rings is 1. The number of morpholine rings is 1. The van der Waals surface area contributed by atoms with Gasteiger partial charge in [0.1, 0.15) is 0 Å². The summed E-state index contributed by atoms with van der Waals surface area (Å²) in [7, 11) is 0. The predicted molar refractivity (Wildman–Crippen MR) is 87.3 cm³/mol. The Morgan fingerprint density at radius 2 is 2.21 bits per heavy atom. The summed E-state index contributed by atoms with van der Waals surface area (Å²) in [5.41, 5.74) is 1.88. The highest BCUT2D eigenvalue weighted by Gasteiger charge is 2.31. The van der Waals surface area contributed by atoms with Crippen LogP contribution in [0.3, 0.4) is 0 Å². The first-order valence-electron chi connectivity index (χ1n) is 8.02. The van der Waals surface area contributed by atoms with Crippen LogP contribution in [0.5, 0.6) is 5.75 Å². The van der Waals surface area contributed by atoms with E-state index in [9.17, 15) is 15.0 Å². The highest BCUT2D eigenvalue weighted by Crippen LogP contribution is 2.23. The van der Waals surface area contributed by atoms with Crippen LogP contribution in [0.2, 0.25) is 0 Å². The van der Waals surface area contributed by atoms with Crippen LogP contribution < -0.4 is 0 Å². The van der Waals surface area contributed by atoms with Gasteiger partial charge < -0.3 is 19.8 Å². The first-order valence-corrected chi connectivity index (χ1v) is 8.02. The second-order valence-corrected chi connectivity index (χ2v) is 5.70. The quantitative estimate of drug-likeness (QED) is 0.872. The van der Waals surface area contributed by atoms with Gasteiger partial charge in [-0.15, -0.1) is 0 Å². The molecule has 1 fully saturated rings. The number of hydrogen-bond acceptors (Lipinski definition) is 5. The number of carbonyl (C=O) groups excluding carboxylic acids is 1. The van der Waals surface area contributed by atoms with Gasteiger partial charge >= 0.3 is 0 Å². The highest BCUT2D eigenvalue weighted by atomic mass is 16.5. The van der Waals surface area contributed by atoms with Gasteiger partial charge in [-0.3, -0.25) is 4.79 Å². The first-order chi connectivity index (χ1) is 11.7. The van der Waals surface area contributed by atoms with Gasteiger partial charge in [0.2, 0.25) is 0 Å². The Bertz CT molecular complexity index is 728. The van der Waals surface area contributed by atoms with E-state index in [2.05, 4.69) is 5.10 Å². The van der Waals surface area contributed by atoms with Crippen LogP contribution in [0.4, 0.5) is 0 Å². The molecule has 0 spiro atoms. The van der Waals surface area contributed by atoms with Crippen molar-refractivity contribution in [3.05, 3.63) is 41.7 Å². The van der Waals surface area contributed by atoms with E-state index < -0.39 is 11.9 Å². The fourth-order valence-electron chi connectivity index (χ4n) is 2.88. The van der Waals surface area contributed by atoms with Crippen LogP contribution >= 0.6 is 0 Å². The van der Waals surface area contributed by atoms with E-state index >= 15 is 0 Å². The minimum absolute atomic E-state index is 0.0127. The summed E-state index contributed by atoms with van der Waals surface area (Å²) in [4.78, 5) is 14.2. The third-order valence-corrected chi connectivity index (χ3v) is 4.22. The Balaban J connectivity index is 1.92. The van der Waals surface area contributed by atoms with Crippen molar-refractivity contribution >= 4 is 5.91 Å². The lowest BCUT2D eigenvalue weighted by Crippen LogP contribution is -2.50. The standard InChI is InChI=1S/C17H21N3O4/c1-2-12-5-3-4-6-14(12)20-9-15(22)16(18-20)17(23)19-7-8-24-11-13(19)10-21/h3-6,9,13,21-22H,2,7-8,10-11H2,1H3/t13-/m1/s1. The molecule has 1 saturated heterocycles. The highest BCUT2D eigenvalue weighted by molar-refractivity contribution is 5.95. The molecule has 2 heterocycles. The number of aliphatic hydroxyl groups is 1. The maximum absolute atomic E-state index is 12.7. The summed E-state index contributed by atoms with van der Waals surface area (Å²) in [6.45, 7) is 2.90. The average Bonchev–Trinajstić information content (AvgIpc) is 3.02.